The number of para-hydroxylation sites is 1. The van der Waals surface area contributed by atoms with Crippen LogP contribution in [0, 0.1) is 0 Å². The van der Waals surface area contributed by atoms with E-state index < -0.39 is 12.5 Å². The SMILES string of the molecule is O=C(NCc1cccc(N2CCCC2=O)c1)c1ccccc1OC(F)F. The Morgan fingerprint density at radius 3 is 2.73 bits per heavy atom. The first-order chi connectivity index (χ1) is 12.5. The topological polar surface area (TPSA) is 58.6 Å². The van der Waals surface area contributed by atoms with Crippen LogP contribution in [0.5, 0.6) is 5.75 Å². The fourth-order valence-corrected chi connectivity index (χ4v) is 2.89. The van der Waals surface area contributed by atoms with Crippen LogP contribution in [0.25, 0.3) is 0 Å². The van der Waals surface area contributed by atoms with Crippen LogP contribution in [0.15, 0.2) is 48.5 Å². The number of nitrogens with zero attached hydrogens (tertiary/aromatic N) is 1. The standard InChI is InChI=1S/C19H18F2N2O3/c20-19(21)26-16-8-2-1-7-15(16)18(25)22-12-13-5-3-6-14(11-13)23-10-4-9-17(23)24/h1-3,5-8,11,19H,4,9-10,12H2,(H,22,25). The molecule has 3 rings (SSSR count). The van der Waals surface area contributed by atoms with Gasteiger partial charge in [-0.25, -0.2) is 0 Å². The molecule has 2 aromatic carbocycles. The Morgan fingerprint density at radius 2 is 2.00 bits per heavy atom. The number of alkyl halides is 2. The van der Waals surface area contributed by atoms with Crippen LogP contribution in [0.4, 0.5) is 14.5 Å². The van der Waals surface area contributed by atoms with Gasteiger partial charge in [-0.05, 0) is 36.2 Å². The molecule has 1 aliphatic rings. The molecule has 2 amide bonds. The molecule has 1 N–H and O–H groups in total. The second-order valence-corrected chi connectivity index (χ2v) is 5.88. The number of halogens is 2. The zero-order chi connectivity index (χ0) is 18.5. The maximum absolute atomic E-state index is 12.5. The predicted octanol–water partition coefficient (Wildman–Crippen LogP) is 3.34. The zero-order valence-electron chi connectivity index (χ0n) is 14.0. The number of carbonyl (C=O) groups is 2. The van der Waals surface area contributed by atoms with Crippen molar-refractivity contribution in [3.05, 3.63) is 59.7 Å². The third kappa shape index (κ3) is 4.17. The maximum atomic E-state index is 12.5. The minimum Gasteiger partial charge on any atom is -0.434 e. The summed E-state index contributed by atoms with van der Waals surface area (Å²) in [4.78, 5) is 25.9. The van der Waals surface area contributed by atoms with Crippen LogP contribution >= 0.6 is 0 Å². The predicted molar refractivity (Wildman–Crippen MR) is 92.3 cm³/mol. The van der Waals surface area contributed by atoms with Gasteiger partial charge in [0.05, 0.1) is 5.56 Å². The molecular formula is C19H18F2N2O3. The van der Waals surface area contributed by atoms with Crippen LogP contribution in [0.3, 0.4) is 0 Å². The van der Waals surface area contributed by atoms with E-state index in [2.05, 4.69) is 10.1 Å². The first-order valence-corrected chi connectivity index (χ1v) is 8.26. The maximum Gasteiger partial charge on any atom is 0.387 e. The smallest absolute Gasteiger partial charge is 0.387 e. The molecule has 0 aliphatic carbocycles. The lowest BCUT2D eigenvalue weighted by Crippen LogP contribution is -2.25. The average molecular weight is 360 g/mol. The van der Waals surface area contributed by atoms with Gasteiger partial charge in [0.25, 0.3) is 5.91 Å². The highest BCUT2D eigenvalue weighted by molar-refractivity contribution is 5.97. The molecule has 5 nitrogen and oxygen atoms in total. The van der Waals surface area contributed by atoms with E-state index >= 15 is 0 Å². The van der Waals surface area contributed by atoms with E-state index in [1.807, 2.05) is 24.3 Å². The zero-order valence-corrected chi connectivity index (χ0v) is 14.0. The molecule has 1 saturated heterocycles. The number of rotatable bonds is 6. The van der Waals surface area contributed by atoms with Gasteiger partial charge in [-0.1, -0.05) is 24.3 Å². The van der Waals surface area contributed by atoms with E-state index in [0.29, 0.717) is 13.0 Å². The van der Waals surface area contributed by atoms with Gasteiger partial charge in [-0.2, -0.15) is 8.78 Å². The van der Waals surface area contributed by atoms with E-state index in [4.69, 9.17) is 0 Å². The van der Waals surface area contributed by atoms with Gasteiger partial charge in [-0.15, -0.1) is 0 Å². The molecule has 26 heavy (non-hydrogen) atoms. The molecule has 1 fully saturated rings. The van der Waals surface area contributed by atoms with Crippen LogP contribution in [0.2, 0.25) is 0 Å². The van der Waals surface area contributed by atoms with Crippen LogP contribution in [-0.4, -0.2) is 25.0 Å². The summed E-state index contributed by atoms with van der Waals surface area (Å²) in [6.07, 6.45) is 1.38. The monoisotopic (exact) mass is 360 g/mol. The number of ether oxygens (including phenoxy) is 1. The van der Waals surface area contributed by atoms with E-state index in [-0.39, 0.29) is 23.8 Å². The fourth-order valence-electron chi connectivity index (χ4n) is 2.89. The molecule has 2 aromatic rings. The number of benzene rings is 2. The molecule has 0 spiro atoms. The summed E-state index contributed by atoms with van der Waals surface area (Å²) >= 11 is 0. The first-order valence-electron chi connectivity index (χ1n) is 8.26. The quantitative estimate of drug-likeness (QED) is 0.860. The molecule has 0 aromatic heterocycles. The van der Waals surface area contributed by atoms with Gasteiger partial charge >= 0.3 is 6.61 Å². The molecule has 0 radical (unpaired) electrons. The van der Waals surface area contributed by atoms with Crippen molar-refractivity contribution >= 4 is 17.5 Å². The first kappa shape index (κ1) is 17.8. The largest absolute Gasteiger partial charge is 0.434 e. The Hall–Kier alpha value is -2.96. The van der Waals surface area contributed by atoms with E-state index in [9.17, 15) is 18.4 Å². The van der Waals surface area contributed by atoms with E-state index in [0.717, 1.165) is 17.7 Å². The third-order valence-electron chi connectivity index (χ3n) is 4.10. The summed E-state index contributed by atoms with van der Waals surface area (Å²) in [6.45, 7) is -2.11. The number of carbonyl (C=O) groups excluding carboxylic acids is 2. The number of anilines is 1. The highest BCUT2D eigenvalue weighted by Gasteiger charge is 2.21. The summed E-state index contributed by atoms with van der Waals surface area (Å²) in [6, 6.07) is 13.2. The molecule has 7 heteroatoms. The van der Waals surface area contributed by atoms with Crippen molar-refractivity contribution in [3.63, 3.8) is 0 Å². The Labute approximate surface area is 149 Å². The Morgan fingerprint density at radius 1 is 1.19 bits per heavy atom. The summed E-state index contributed by atoms with van der Waals surface area (Å²) < 4.78 is 29.3. The minimum atomic E-state index is -3.00. The molecule has 0 unspecified atom stereocenters. The van der Waals surface area contributed by atoms with Crippen LogP contribution in [0.1, 0.15) is 28.8 Å². The normalized spacial score (nSPS) is 14.0. The number of hydrogen-bond donors (Lipinski definition) is 1. The second-order valence-electron chi connectivity index (χ2n) is 5.88. The lowest BCUT2D eigenvalue weighted by Gasteiger charge is -2.17. The molecule has 0 saturated carbocycles. The van der Waals surface area contributed by atoms with E-state index in [1.165, 1.54) is 18.2 Å². The summed E-state index contributed by atoms with van der Waals surface area (Å²) in [5.74, 6) is -0.593. The van der Waals surface area contributed by atoms with Crippen molar-refractivity contribution in [1.29, 1.82) is 0 Å². The van der Waals surface area contributed by atoms with Crippen LogP contribution in [-0.2, 0) is 11.3 Å². The highest BCUT2D eigenvalue weighted by atomic mass is 19.3. The molecule has 136 valence electrons. The summed E-state index contributed by atoms with van der Waals surface area (Å²) in [7, 11) is 0. The summed E-state index contributed by atoms with van der Waals surface area (Å²) in [5.41, 5.74) is 1.64. The summed E-state index contributed by atoms with van der Waals surface area (Å²) in [5, 5.41) is 2.69. The number of nitrogens with one attached hydrogen (secondary N) is 1. The molecular weight excluding hydrogens is 342 g/mol. The molecule has 1 heterocycles. The van der Waals surface area contributed by atoms with Gasteiger partial charge in [0.1, 0.15) is 5.75 Å². The van der Waals surface area contributed by atoms with Crippen molar-refractivity contribution in [2.24, 2.45) is 0 Å². The second kappa shape index (κ2) is 7.95. The van der Waals surface area contributed by atoms with Crippen molar-refractivity contribution in [2.75, 3.05) is 11.4 Å². The van der Waals surface area contributed by atoms with Crippen molar-refractivity contribution in [3.8, 4) is 5.75 Å². The lowest BCUT2D eigenvalue weighted by atomic mass is 10.1. The van der Waals surface area contributed by atoms with Crippen LogP contribution < -0.4 is 15.0 Å². The lowest BCUT2D eigenvalue weighted by molar-refractivity contribution is -0.117. The fraction of sp³-hybridized carbons (Fsp3) is 0.263. The van der Waals surface area contributed by atoms with Gasteiger partial charge < -0.3 is 15.0 Å². The number of hydrogen-bond acceptors (Lipinski definition) is 3. The Balaban J connectivity index is 1.68. The van der Waals surface area contributed by atoms with Crippen molar-refractivity contribution < 1.29 is 23.1 Å². The van der Waals surface area contributed by atoms with E-state index in [1.54, 1.807) is 11.0 Å². The Bertz CT molecular complexity index is 811. The molecule has 1 aliphatic heterocycles. The highest BCUT2D eigenvalue weighted by Crippen LogP contribution is 2.23. The Kier molecular flexibility index (Phi) is 5.46. The van der Waals surface area contributed by atoms with Gasteiger partial charge in [0.2, 0.25) is 5.91 Å². The minimum absolute atomic E-state index is 0.0404. The molecule has 0 atom stereocenters. The molecule has 0 bridgehead atoms. The van der Waals surface area contributed by atoms with Gasteiger partial charge in [-0.3, -0.25) is 9.59 Å². The number of amides is 2. The third-order valence-corrected chi connectivity index (χ3v) is 4.10. The van der Waals surface area contributed by atoms with Crippen molar-refractivity contribution in [1.82, 2.24) is 5.32 Å². The van der Waals surface area contributed by atoms with Gasteiger partial charge in [0, 0.05) is 25.2 Å². The van der Waals surface area contributed by atoms with Crippen molar-refractivity contribution in [2.45, 2.75) is 26.0 Å². The van der Waals surface area contributed by atoms with Gasteiger partial charge in [0.15, 0.2) is 0 Å². The average Bonchev–Trinajstić information content (AvgIpc) is 3.06.